The number of amides is 1. The molecule has 0 radical (unpaired) electrons. The Hall–Kier alpha value is -2.38. The molecule has 0 unspecified atom stereocenters. The van der Waals surface area contributed by atoms with Crippen LogP contribution < -0.4 is 10.1 Å². The number of para-hydroxylation sites is 1. The highest BCUT2D eigenvalue weighted by atomic mass is 16.5. The molecule has 3 aliphatic heterocycles. The first-order chi connectivity index (χ1) is 13.8. The maximum absolute atomic E-state index is 13.1. The lowest BCUT2D eigenvalue weighted by Crippen LogP contribution is -2.36. The maximum Gasteiger partial charge on any atom is 0.230 e. The van der Waals surface area contributed by atoms with Crippen molar-refractivity contribution in [2.45, 2.75) is 18.9 Å². The number of rotatable bonds is 4. The van der Waals surface area contributed by atoms with Gasteiger partial charge < -0.3 is 14.8 Å². The molecule has 3 atom stereocenters. The number of likely N-dealkylation sites (tertiary alicyclic amines) is 1. The molecule has 1 aromatic carbocycles. The van der Waals surface area contributed by atoms with Gasteiger partial charge in [-0.3, -0.25) is 14.8 Å². The fourth-order valence-corrected chi connectivity index (χ4v) is 4.95. The van der Waals surface area contributed by atoms with Crippen LogP contribution in [-0.2, 0) is 9.53 Å². The van der Waals surface area contributed by atoms with E-state index < -0.39 is 0 Å². The molecule has 7 heteroatoms. The highest BCUT2D eigenvalue weighted by molar-refractivity contribution is 5.92. The molecule has 1 aromatic heterocycles. The Morgan fingerprint density at radius 1 is 1.25 bits per heavy atom. The van der Waals surface area contributed by atoms with E-state index in [0.29, 0.717) is 18.3 Å². The van der Waals surface area contributed by atoms with Crippen LogP contribution in [0.25, 0.3) is 0 Å². The monoisotopic (exact) mass is 382 g/mol. The van der Waals surface area contributed by atoms with Crippen LogP contribution in [0.15, 0.2) is 36.5 Å². The van der Waals surface area contributed by atoms with Gasteiger partial charge in [-0.1, -0.05) is 18.2 Å². The van der Waals surface area contributed by atoms with E-state index in [9.17, 15) is 4.79 Å². The molecule has 3 aliphatic rings. The number of nitrogens with zero attached hydrogens (tertiary/aromatic N) is 2. The molecule has 2 aromatic rings. The van der Waals surface area contributed by atoms with Crippen LogP contribution in [0.5, 0.6) is 5.75 Å². The smallest absolute Gasteiger partial charge is 0.230 e. The lowest BCUT2D eigenvalue weighted by Gasteiger charge is -2.36. The first-order valence-corrected chi connectivity index (χ1v) is 10.1. The van der Waals surface area contributed by atoms with E-state index in [1.807, 2.05) is 12.1 Å². The van der Waals surface area contributed by atoms with Gasteiger partial charge in [-0.25, -0.2) is 0 Å². The summed E-state index contributed by atoms with van der Waals surface area (Å²) in [6, 6.07) is 10.3. The second-order valence-corrected chi connectivity index (χ2v) is 8.03. The van der Waals surface area contributed by atoms with Crippen LogP contribution in [0.2, 0.25) is 0 Å². The zero-order valence-corrected chi connectivity index (χ0v) is 15.8. The molecule has 0 bridgehead atoms. The summed E-state index contributed by atoms with van der Waals surface area (Å²) in [5.41, 5.74) is 1.21. The topological polar surface area (TPSA) is 79.5 Å². The fraction of sp³-hybridized carbons (Fsp3) is 0.524. The first kappa shape index (κ1) is 17.7. The molecule has 2 saturated heterocycles. The van der Waals surface area contributed by atoms with Crippen molar-refractivity contribution in [3.8, 4) is 5.75 Å². The predicted molar refractivity (Wildman–Crippen MR) is 104 cm³/mol. The van der Waals surface area contributed by atoms with Gasteiger partial charge in [0.15, 0.2) is 0 Å². The number of fused-ring (bicyclic) bond motifs is 3. The third-order valence-electron chi connectivity index (χ3n) is 6.34. The Bertz CT molecular complexity index is 819. The van der Waals surface area contributed by atoms with E-state index in [4.69, 9.17) is 9.47 Å². The summed E-state index contributed by atoms with van der Waals surface area (Å²) >= 11 is 0. The lowest BCUT2D eigenvalue weighted by molar-refractivity contribution is -0.121. The molecular formula is C21H26N4O3. The molecule has 0 aliphatic carbocycles. The van der Waals surface area contributed by atoms with Crippen molar-refractivity contribution in [3.63, 3.8) is 0 Å². The minimum absolute atomic E-state index is 0.0386. The number of hydrogen-bond donors (Lipinski definition) is 2. The predicted octanol–water partition coefficient (Wildman–Crippen LogP) is 2.46. The average Bonchev–Trinajstić information content (AvgIpc) is 3.37. The van der Waals surface area contributed by atoms with Gasteiger partial charge in [-0.2, -0.15) is 5.10 Å². The number of aromatic nitrogens is 2. The third-order valence-corrected chi connectivity index (χ3v) is 6.34. The molecule has 0 saturated carbocycles. The van der Waals surface area contributed by atoms with E-state index in [1.54, 1.807) is 12.3 Å². The van der Waals surface area contributed by atoms with E-state index in [0.717, 1.165) is 44.9 Å². The number of hydrogen-bond acceptors (Lipinski definition) is 5. The number of ether oxygens (including phenoxy) is 2. The van der Waals surface area contributed by atoms with Crippen molar-refractivity contribution < 1.29 is 14.3 Å². The minimum Gasteiger partial charge on any atom is -0.493 e. The number of aromatic amines is 1. The van der Waals surface area contributed by atoms with E-state index in [-0.39, 0.29) is 23.8 Å². The molecule has 0 spiro atoms. The summed E-state index contributed by atoms with van der Waals surface area (Å²) in [5.74, 6) is 2.30. The van der Waals surface area contributed by atoms with Crippen molar-refractivity contribution in [1.82, 2.24) is 15.1 Å². The van der Waals surface area contributed by atoms with Gasteiger partial charge in [0.05, 0.1) is 18.7 Å². The molecule has 4 heterocycles. The highest BCUT2D eigenvalue weighted by Gasteiger charge is 2.49. The van der Waals surface area contributed by atoms with Gasteiger partial charge in [0.1, 0.15) is 11.6 Å². The number of benzene rings is 1. The largest absolute Gasteiger partial charge is 0.493 e. The number of carbonyl (C=O) groups is 1. The normalized spacial score (nSPS) is 27.6. The summed E-state index contributed by atoms with van der Waals surface area (Å²) in [4.78, 5) is 15.6. The van der Waals surface area contributed by atoms with Crippen molar-refractivity contribution >= 4 is 11.7 Å². The Morgan fingerprint density at radius 3 is 2.93 bits per heavy atom. The highest BCUT2D eigenvalue weighted by Crippen LogP contribution is 2.48. The second kappa shape index (κ2) is 7.56. The van der Waals surface area contributed by atoms with Crippen LogP contribution in [0.4, 0.5) is 5.82 Å². The van der Waals surface area contributed by atoms with Gasteiger partial charge in [-0.15, -0.1) is 0 Å². The van der Waals surface area contributed by atoms with Gasteiger partial charge in [0, 0.05) is 49.9 Å². The summed E-state index contributed by atoms with van der Waals surface area (Å²) < 4.78 is 11.6. The van der Waals surface area contributed by atoms with Gasteiger partial charge in [0.25, 0.3) is 0 Å². The zero-order valence-electron chi connectivity index (χ0n) is 15.8. The number of H-pyrrole nitrogens is 1. The van der Waals surface area contributed by atoms with Crippen molar-refractivity contribution in [2.24, 2.45) is 17.8 Å². The lowest BCUT2D eigenvalue weighted by atomic mass is 9.84. The van der Waals surface area contributed by atoms with Gasteiger partial charge in [-0.05, 0) is 24.8 Å². The number of anilines is 1. The van der Waals surface area contributed by atoms with Crippen molar-refractivity contribution in [3.05, 3.63) is 42.1 Å². The third kappa shape index (κ3) is 3.29. The fourth-order valence-electron chi connectivity index (χ4n) is 4.95. The summed E-state index contributed by atoms with van der Waals surface area (Å²) in [5, 5.41) is 9.72. The van der Waals surface area contributed by atoms with Gasteiger partial charge in [0.2, 0.25) is 5.91 Å². The van der Waals surface area contributed by atoms with Crippen LogP contribution in [0, 0.1) is 17.8 Å². The Balaban J connectivity index is 1.40. The van der Waals surface area contributed by atoms with Gasteiger partial charge >= 0.3 is 0 Å². The van der Waals surface area contributed by atoms with Crippen LogP contribution in [-0.4, -0.2) is 53.9 Å². The molecule has 5 rings (SSSR count). The quantitative estimate of drug-likeness (QED) is 0.849. The first-order valence-electron chi connectivity index (χ1n) is 10.1. The summed E-state index contributed by atoms with van der Waals surface area (Å²) in [6.07, 6.45) is 3.83. The molecule has 2 fully saturated rings. The summed E-state index contributed by atoms with van der Waals surface area (Å²) in [7, 11) is 0. The van der Waals surface area contributed by atoms with Crippen LogP contribution >= 0.6 is 0 Å². The zero-order chi connectivity index (χ0) is 18.9. The van der Waals surface area contributed by atoms with E-state index in [1.165, 1.54) is 5.56 Å². The molecular weight excluding hydrogens is 356 g/mol. The Labute approximate surface area is 164 Å². The second-order valence-electron chi connectivity index (χ2n) is 8.03. The standard InChI is InChI=1S/C21H26N4O3/c26-21(23-19-5-8-22-24-19)16-12-25(11-14-6-9-27-10-7-14)20-15-3-1-2-4-18(15)28-13-17(16)20/h1-5,8,14,16-17,20H,6-7,9-13H2,(H2,22,23,24,26)/t16-,17+,20+/m1/s1. The minimum atomic E-state index is -0.110. The molecule has 2 N–H and O–H groups in total. The van der Waals surface area contributed by atoms with Crippen LogP contribution in [0.3, 0.4) is 0 Å². The molecule has 28 heavy (non-hydrogen) atoms. The van der Waals surface area contributed by atoms with E-state index in [2.05, 4.69) is 32.5 Å². The SMILES string of the molecule is O=C(Nc1ccn[nH]1)[C@@H]1CN(CC2CCOCC2)[C@H]2c3ccccc3OC[C@@H]12. The summed E-state index contributed by atoms with van der Waals surface area (Å²) in [6.45, 7) is 4.02. The van der Waals surface area contributed by atoms with Crippen molar-refractivity contribution in [2.75, 3.05) is 38.2 Å². The van der Waals surface area contributed by atoms with Crippen LogP contribution in [0.1, 0.15) is 24.4 Å². The average molecular weight is 382 g/mol. The van der Waals surface area contributed by atoms with Crippen molar-refractivity contribution in [1.29, 1.82) is 0 Å². The molecule has 1 amide bonds. The molecule has 148 valence electrons. The molecule has 7 nitrogen and oxygen atoms in total. The number of nitrogens with one attached hydrogen (secondary N) is 2. The number of carbonyl (C=O) groups excluding carboxylic acids is 1. The maximum atomic E-state index is 13.1. The Kier molecular flexibility index (Phi) is 4.78. The van der Waals surface area contributed by atoms with E-state index >= 15 is 0 Å². The Morgan fingerprint density at radius 2 is 2.11 bits per heavy atom.